The summed E-state index contributed by atoms with van der Waals surface area (Å²) in [5, 5.41) is 0. The molecule has 0 aliphatic heterocycles. The fourth-order valence-corrected chi connectivity index (χ4v) is 1.34. The minimum atomic E-state index is -0.378. The summed E-state index contributed by atoms with van der Waals surface area (Å²) in [6.45, 7) is 1.98. The number of carbonyl (C=O) groups is 1. The first-order chi connectivity index (χ1) is 7.22. The molecule has 0 atom stereocenters. The van der Waals surface area contributed by atoms with Crippen LogP contribution in [-0.2, 0) is 11.3 Å². The number of rotatable bonds is 4. The number of carbonyl (C=O) groups excluding carboxylic acids is 1. The molecule has 0 spiro atoms. The Kier molecular flexibility index (Phi) is 6.53. The van der Waals surface area contributed by atoms with Gasteiger partial charge in [-0.05, 0) is 30.2 Å². The normalized spacial score (nSPS) is 9.19. The van der Waals surface area contributed by atoms with Crippen molar-refractivity contribution in [1.82, 2.24) is 5.48 Å². The molecular weight excluding hydrogens is 230 g/mol. The lowest BCUT2D eigenvalue weighted by molar-refractivity contribution is 0.0308. The third-order valence-corrected chi connectivity index (χ3v) is 2.11. The van der Waals surface area contributed by atoms with Gasteiger partial charge in [0.1, 0.15) is 5.75 Å². The molecule has 0 radical (unpaired) electrons. The van der Waals surface area contributed by atoms with Gasteiger partial charge in [-0.15, -0.1) is 12.4 Å². The molecule has 16 heavy (non-hydrogen) atoms. The Bertz CT molecular complexity index is 355. The molecule has 1 N–H and O–H groups in total. The van der Waals surface area contributed by atoms with Crippen molar-refractivity contribution in [1.29, 1.82) is 0 Å². The molecule has 0 saturated heterocycles. The molecular formula is C11H16ClNO3. The van der Waals surface area contributed by atoms with Crippen molar-refractivity contribution in [2.45, 2.75) is 13.3 Å². The molecule has 0 aromatic heterocycles. The second-order valence-corrected chi connectivity index (χ2v) is 2.97. The number of benzene rings is 1. The third kappa shape index (κ3) is 3.40. The van der Waals surface area contributed by atoms with Crippen molar-refractivity contribution in [2.75, 3.05) is 14.2 Å². The highest BCUT2D eigenvalue weighted by atomic mass is 35.5. The zero-order valence-corrected chi connectivity index (χ0v) is 10.4. The largest absolute Gasteiger partial charge is 0.497 e. The maximum Gasteiger partial charge on any atom is 0.357 e. The van der Waals surface area contributed by atoms with E-state index in [1.165, 1.54) is 0 Å². The van der Waals surface area contributed by atoms with Gasteiger partial charge in [0.25, 0.3) is 0 Å². The summed E-state index contributed by atoms with van der Waals surface area (Å²) >= 11 is 0. The zero-order valence-electron chi connectivity index (χ0n) is 9.57. The van der Waals surface area contributed by atoms with E-state index in [1.54, 1.807) is 26.3 Å². The van der Waals surface area contributed by atoms with Gasteiger partial charge in [0.2, 0.25) is 0 Å². The average Bonchev–Trinajstić information content (AvgIpc) is 2.28. The van der Waals surface area contributed by atoms with Crippen LogP contribution >= 0.6 is 12.4 Å². The average molecular weight is 246 g/mol. The molecule has 0 unspecified atom stereocenters. The monoisotopic (exact) mass is 245 g/mol. The molecule has 1 aromatic carbocycles. The molecule has 0 bridgehead atoms. The first-order valence-electron chi connectivity index (χ1n) is 4.77. The smallest absolute Gasteiger partial charge is 0.357 e. The van der Waals surface area contributed by atoms with E-state index in [0.29, 0.717) is 5.56 Å². The van der Waals surface area contributed by atoms with Crippen LogP contribution in [0.5, 0.6) is 5.75 Å². The SMILES string of the molecule is CCc1cc(OC)ccc1C(=O)ONC.Cl. The van der Waals surface area contributed by atoms with Crippen molar-refractivity contribution >= 4 is 18.4 Å². The fourth-order valence-electron chi connectivity index (χ4n) is 1.34. The van der Waals surface area contributed by atoms with Crippen LogP contribution in [0.15, 0.2) is 18.2 Å². The summed E-state index contributed by atoms with van der Waals surface area (Å²) in [4.78, 5) is 16.2. The van der Waals surface area contributed by atoms with E-state index in [9.17, 15) is 4.79 Å². The van der Waals surface area contributed by atoms with Crippen LogP contribution in [0.4, 0.5) is 0 Å². The number of hydroxylamine groups is 1. The maximum atomic E-state index is 11.5. The molecule has 0 saturated carbocycles. The number of hydrogen-bond donors (Lipinski definition) is 1. The van der Waals surface area contributed by atoms with Gasteiger partial charge in [0.15, 0.2) is 0 Å². The van der Waals surface area contributed by atoms with Crippen LogP contribution < -0.4 is 10.2 Å². The van der Waals surface area contributed by atoms with Gasteiger partial charge in [0.05, 0.1) is 12.7 Å². The Hall–Kier alpha value is -1.26. The maximum absolute atomic E-state index is 11.5. The summed E-state index contributed by atoms with van der Waals surface area (Å²) in [5.41, 5.74) is 3.84. The lowest BCUT2D eigenvalue weighted by atomic mass is 10.1. The molecule has 90 valence electrons. The van der Waals surface area contributed by atoms with Gasteiger partial charge >= 0.3 is 5.97 Å². The van der Waals surface area contributed by atoms with Gasteiger partial charge < -0.3 is 9.57 Å². The van der Waals surface area contributed by atoms with Crippen LogP contribution in [-0.4, -0.2) is 20.1 Å². The van der Waals surface area contributed by atoms with E-state index < -0.39 is 0 Å². The van der Waals surface area contributed by atoms with Crippen LogP contribution in [0.25, 0.3) is 0 Å². The van der Waals surface area contributed by atoms with Gasteiger partial charge in [-0.1, -0.05) is 6.92 Å². The topological polar surface area (TPSA) is 47.6 Å². The Morgan fingerprint density at radius 3 is 2.62 bits per heavy atom. The third-order valence-electron chi connectivity index (χ3n) is 2.11. The molecule has 0 heterocycles. The van der Waals surface area contributed by atoms with Crippen LogP contribution in [0.3, 0.4) is 0 Å². The highest BCUT2D eigenvalue weighted by molar-refractivity contribution is 5.91. The molecule has 5 heteroatoms. The Balaban J connectivity index is 0.00000225. The molecule has 0 aliphatic carbocycles. The standard InChI is InChI=1S/C11H15NO3.ClH/c1-4-8-7-9(14-3)5-6-10(8)11(13)15-12-2;/h5-7,12H,4H2,1-3H3;1H. The van der Waals surface area contributed by atoms with E-state index in [2.05, 4.69) is 5.48 Å². The summed E-state index contributed by atoms with van der Waals surface area (Å²) in [6, 6.07) is 5.29. The number of methoxy groups -OCH3 is 1. The molecule has 4 nitrogen and oxygen atoms in total. The molecule has 0 fully saturated rings. The molecule has 1 rings (SSSR count). The van der Waals surface area contributed by atoms with E-state index in [1.807, 2.05) is 13.0 Å². The van der Waals surface area contributed by atoms with E-state index in [-0.39, 0.29) is 18.4 Å². The van der Waals surface area contributed by atoms with E-state index in [0.717, 1.165) is 17.7 Å². The Labute approximate surface area is 101 Å². The highest BCUT2D eigenvalue weighted by Gasteiger charge is 2.12. The Morgan fingerprint density at radius 1 is 1.44 bits per heavy atom. The van der Waals surface area contributed by atoms with Gasteiger partial charge in [-0.2, -0.15) is 5.48 Å². The predicted molar refractivity (Wildman–Crippen MR) is 64.1 cm³/mol. The fraction of sp³-hybridized carbons (Fsp3) is 0.364. The second kappa shape index (κ2) is 7.09. The zero-order chi connectivity index (χ0) is 11.3. The molecule has 0 amide bonds. The van der Waals surface area contributed by atoms with Crippen molar-refractivity contribution in [3.63, 3.8) is 0 Å². The number of nitrogens with one attached hydrogen (secondary N) is 1. The Morgan fingerprint density at radius 2 is 2.12 bits per heavy atom. The van der Waals surface area contributed by atoms with Crippen molar-refractivity contribution in [2.24, 2.45) is 0 Å². The van der Waals surface area contributed by atoms with Gasteiger partial charge in [-0.3, -0.25) is 0 Å². The summed E-state index contributed by atoms with van der Waals surface area (Å²) in [7, 11) is 3.15. The van der Waals surface area contributed by atoms with Crippen molar-refractivity contribution in [3.05, 3.63) is 29.3 Å². The van der Waals surface area contributed by atoms with Crippen LogP contribution in [0.2, 0.25) is 0 Å². The van der Waals surface area contributed by atoms with Gasteiger partial charge in [0, 0.05) is 7.05 Å². The summed E-state index contributed by atoms with van der Waals surface area (Å²) in [5.74, 6) is 0.366. The first kappa shape index (κ1) is 14.7. The summed E-state index contributed by atoms with van der Waals surface area (Å²) < 4.78 is 5.08. The lowest BCUT2D eigenvalue weighted by Crippen LogP contribution is -2.16. The number of halogens is 1. The highest BCUT2D eigenvalue weighted by Crippen LogP contribution is 2.18. The van der Waals surface area contributed by atoms with Crippen LogP contribution in [0, 0.1) is 0 Å². The number of ether oxygens (including phenoxy) is 1. The number of aryl methyl sites for hydroxylation is 1. The van der Waals surface area contributed by atoms with Crippen LogP contribution in [0.1, 0.15) is 22.8 Å². The quantitative estimate of drug-likeness (QED) is 0.824. The minimum absolute atomic E-state index is 0. The first-order valence-corrected chi connectivity index (χ1v) is 4.77. The van der Waals surface area contributed by atoms with E-state index in [4.69, 9.17) is 9.57 Å². The van der Waals surface area contributed by atoms with Crippen molar-refractivity contribution in [3.8, 4) is 5.75 Å². The second-order valence-electron chi connectivity index (χ2n) is 2.97. The molecule has 1 aromatic rings. The summed E-state index contributed by atoms with van der Waals surface area (Å²) in [6.07, 6.45) is 0.755. The lowest BCUT2D eigenvalue weighted by Gasteiger charge is -2.08. The van der Waals surface area contributed by atoms with Gasteiger partial charge in [-0.25, -0.2) is 4.79 Å². The van der Waals surface area contributed by atoms with Crippen molar-refractivity contribution < 1.29 is 14.4 Å². The molecule has 0 aliphatic rings. The van der Waals surface area contributed by atoms with E-state index >= 15 is 0 Å². The predicted octanol–water partition coefficient (Wildman–Crippen LogP) is 1.97. The number of hydrogen-bond acceptors (Lipinski definition) is 4. The minimum Gasteiger partial charge on any atom is -0.497 e.